The van der Waals surface area contributed by atoms with E-state index >= 15 is 0 Å². The van der Waals surface area contributed by atoms with Crippen molar-refractivity contribution in [3.05, 3.63) is 36.5 Å². The Hall–Kier alpha value is -2.08. The topological polar surface area (TPSA) is 72.2 Å². The molecule has 18 heavy (non-hydrogen) atoms. The van der Waals surface area contributed by atoms with Gasteiger partial charge in [0.2, 0.25) is 0 Å². The Bertz CT molecular complexity index is 459. The van der Waals surface area contributed by atoms with Crippen LogP contribution in [-0.4, -0.2) is 30.2 Å². The number of aromatic nitrogens is 2. The Morgan fingerprint density at radius 1 is 1.28 bits per heavy atom. The molecular formula is C12H16N4O2. The minimum Gasteiger partial charge on any atom is -0.467 e. The molecule has 0 aliphatic carbocycles. The fourth-order valence-corrected chi connectivity index (χ4v) is 1.42. The number of ether oxygens (including phenoxy) is 1. The smallest absolute Gasteiger partial charge is 0.131 e. The number of anilines is 2. The highest BCUT2D eigenvalue weighted by Gasteiger charge is 1.99. The van der Waals surface area contributed by atoms with Crippen molar-refractivity contribution in [2.75, 3.05) is 30.9 Å². The van der Waals surface area contributed by atoms with Gasteiger partial charge in [-0.3, -0.25) is 0 Å². The molecular weight excluding hydrogens is 232 g/mol. The van der Waals surface area contributed by atoms with E-state index in [4.69, 9.17) is 9.15 Å². The summed E-state index contributed by atoms with van der Waals surface area (Å²) in [6.07, 6.45) is 3.16. The van der Waals surface area contributed by atoms with Gasteiger partial charge in [0.05, 0.1) is 19.4 Å². The summed E-state index contributed by atoms with van der Waals surface area (Å²) in [5, 5.41) is 6.30. The maximum absolute atomic E-state index is 5.23. The number of furan rings is 1. The molecule has 6 heteroatoms. The third-order valence-corrected chi connectivity index (χ3v) is 2.30. The van der Waals surface area contributed by atoms with Gasteiger partial charge in [0.25, 0.3) is 0 Å². The predicted molar refractivity (Wildman–Crippen MR) is 68.4 cm³/mol. The summed E-state index contributed by atoms with van der Waals surface area (Å²) < 4.78 is 10.2. The highest BCUT2D eigenvalue weighted by atomic mass is 16.5. The van der Waals surface area contributed by atoms with E-state index in [1.54, 1.807) is 13.4 Å². The fourth-order valence-electron chi connectivity index (χ4n) is 1.42. The lowest BCUT2D eigenvalue weighted by Crippen LogP contribution is -2.09. The van der Waals surface area contributed by atoms with Gasteiger partial charge in [-0.15, -0.1) is 0 Å². The number of hydrogen-bond donors (Lipinski definition) is 2. The molecule has 0 aliphatic rings. The first kappa shape index (κ1) is 12.4. The average Bonchev–Trinajstić information content (AvgIpc) is 2.90. The first-order valence-electron chi connectivity index (χ1n) is 5.69. The predicted octanol–water partition coefficient (Wildman–Crippen LogP) is 1.74. The fraction of sp³-hybridized carbons (Fsp3) is 0.333. The minimum absolute atomic E-state index is 0.599. The number of rotatable bonds is 7. The Labute approximate surface area is 105 Å². The number of hydrogen-bond acceptors (Lipinski definition) is 6. The van der Waals surface area contributed by atoms with Gasteiger partial charge in [-0.05, 0) is 12.1 Å². The van der Waals surface area contributed by atoms with Crippen molar-refractivity contribution in [3.63, 3.8) is 0 Å². The number of nitrogens with zero attached hydrogens (tertiary/aromatic N) is 2. The quantitative estimate of drug-likeness (QED) is 0.727. The summed E-state index contributed by atoms with van der Waals surface area (Å²) in [5.74, 6) is 2.38. The number of nitrogens with one attached hydrogen (secondary N) is 2. The minimum atomic E-state index is 0.599. The van der Waals surface area contributed by atoms with E-state index < -0.39 is 0 Å². The maximum Gasteiger partial charge on any atom is 0.131 e. The van der Waals surface area contributed by atoms with Crippen LogP contribution in [-0.2, 0) is 11.3 Å². The Morgan fingerprint density at radius 3 is 2.83 bits per heavy atom. The van der Waals surface area contributed by atoms with Crippen LogP contribution in [0.1, 0.15) is 5.76 Å². The van der Waals surface area contributed by atoms with Crippen molar-refractivity contribution < 1.29 is 9.15 Å². The lowest BCUT2D eigenvalue weighted by Gasteiger charge is -2.07. The molecule has 0 saturated carbocycles. The monoisotopic (exact) mass is 248 g/mol. The Kier molecular flexibility index (Phi) is 4.54. The van der Waals surface area contributed by atoms with Crippen LogP contribution >= 0.6 is 0 Å². The van der Waals surface area contributed by atoms with Gasteiger partial charge >= 0.3 is 0 Å². The SMILES string of the molecule is COCCNc1cc(NCc2ccco2)ncn1. The molecule has 6 nitrogen and oxygen atoms in total. The second kappa shape index (κ2) is 6.61. The lowest BCUT2D eigenvalue weighted by molar-refractivity contribution is 0.210. The van der Waals surface area contributed by atoms with Crippen LogP contribution in [0.15, 0.2) is 35.2 Å². The summed E-state index contributed by atoms with van der Waals surface area (Å²) >= 11 is 0. The van der Waals surface area contributed by atoms with Gasteiger partial charge in [-0.2, -0.15) is 0 Å². The van der Waals surface area contributed by atoms with Crippen LogP contribution in [0.2, 0.25) is 0 Å². The zero-order valence-corrected chi connectivity index (χ0v) is 10.2. The molecule has 96 valence electrons. The van der Waals surface area contributed by atoms with Crippen LogP contribution in [0.3, 0.4) is 0 Å². The molecule has 0 amide bonds. The van der Waals surface area contributed by atoms with Gasteiger partial charge in [0, 0.05) is 19.7 Å². The van der Waals surface area contributed by atoms with Crippen molar-refractivity contribution in [2.24, 2.45) is 0 Å². The normalized spacial score (nSPS) is 10.3. The van der Waals surface area contributed by atoms with Crippen molar-refractivity contribution in [1.82, 2.24) is 9.97 Å². The van der Waals surface area contributed by atoms with Crippen molar-refractivity contribution in [1.29, 1.82) is 0 Å². The van der Waals surface area contributed by atoms with Gasteiger partial charge in [0.15, 0.2) is 0 Å². The molecule has 0 saturated heterocycles. The van der Waals surface area contributed by atoms with E-state index in [2.05, 4.69) is 20.6 Å². The zero-order valence-electron chi connectivity index (χ0n) is 10.2. The first-order valence-corrected chi connectivity index (χ1v) is 5.69. The van der Waals surface area contributed by atoms with E-state index in [0.717, 1.165) is 17.4 Å². The van der Waals surface area contributed by atoms with E-state index in [9.17, 15) is 0 Å². The van der Waals surface area contributed by atoms with Crippen molar-refractivity contribution in [3.8, 4) is 0 Å². The summed E-state index contributed by atoms with van der Waals surface area (Å²) in [5.41, 5.74) is 0. The van der Waals surface area contributed by atoms with Crippen molar-refractivity contribution >= 4 is 11.6 Å². The first-order chi connectivity index (χ1) is 8.88. The molecule has 2 heterocycles. The average molecular weight is 248 g/mol. The lowest BCUT2D eigenvalue weighted by atomic mass is 10.4. The van der Waals surface area contributed by atoms with E-state index in [-0.39, 0.29) is 0 Å². The summed E-state index contributed by atoms with van der Waals surface area (Å²) in [6, 6.07) is 5.61. The summed E-state index contributed by atoms with van der Waals surface area (Å²) in [7, 11) is 1.66. The van der Waals surface area contributed by atoms with E-state index in [0.29, 0.717) is 19.7 Å². The molecule has 2 rings (SSSR count). The summed E-state index contributed by atoms with van der Waals surface area (Å²) in [4.78, 5) is 8.25. The van der Waals surface area contributed by atoms with Gasteiger partial charge in [0.1, 0.15) is 23.7 Å². The largest absolute Gasteiger partial charge is 0.467 e. The maximum atomic E-state index is 5.23. The van der Waals surface area contributed by atoms with Crippen molar-refractivity contribution in [2.45, 2.75) is 6.54 Å². The molecule has 2 N–H and O–H groups in total. The van der Waals surface area contributed by atoms with E-state index in [1.807, 2.05) is 18.2 Å². The van der Waals surface area contributed by atoms with Gasteiger partial charge < -0.3 is 19.8 Å². The molecule has 0 unspecified atom stereocenters. The van der Waals surface area contributed by atoms with Crippen LogP contribution in [0.4, 0.5) is 11.6 Å². The highest BCUT2D eigenvalue weighted by molar-refractivity contribution is 5.46. The molecule has 0 radical (unpaired) electrons. The molecule has 0 bridgehead atoms. The standard InChI is InChI=1S/C12H16N4O2/c1-17-6-4-13-11-7-12(16-9-15-11)14-8-10-3-2-5-18-10/h2-3,5,7,9H,4,6,8H2,1H3,(H2,13,14,15,16). The number of methoxy groups -OCH3 is 1. The molecule has 2 aromatic heterocycles. The zero-order chi connectivity index (χ0) is 12.6. The van der Waals surface area contributed by atoms with Gasteiger partial charge in [-0.1, -0.05) is 0 Å². The highest BCUT2D eigenvalue weighted by Crippen LogP contribution is 2.10. The second-order valence-electron chi connectivity index (χ2n) is 3.64. The Balaban J connectivity index is 1.86. The third-order valence-electron chi connectivity index (χ3n) is 2.30. The molecule has 0 atom stereocenters. The molecule has 0 fully saturated rings. The van der Waals surface area contributed by atoms with Crippen LogP contribution < -0.4 is 10.6 Å². The molecule has 0 aromatic carbocycles. The van der Waals surface area contributed by atoms with Crippen LogP contribution in [0, 0.1) is 0 Å². The molecule has 0 spiro atoms. The Morgan fingerprint density at radius 2 is 2.11 bits per heavy atom. The van der Waals surface area contributed by atoms with Crippen LogP contribution in [0.5, 0.6) is 0 Å². The third kappa shape index (κ3) is 3.74. The van der Waals surface area contributed by atoms with Gasteiger partial charge in [-0.25, -0.2) is 9.97 Å². The molecule has 2 aromatic rings. The van der Waals surface area contributed by atoms with Crippen LogP contribution in [0.25, 0.3) is 0 Å². The molecule has 0 aliphatic heterocycles. The summed E-state index contributed by atoms with van der Waals surface area (Å²) in [6.45, 7) is 1.95. The van der Waals surface area contributed by atoms with E-state index in [1.165, 1.54) is 6.33 Å². The second-order valence-corrected chi connectivity index (χ2v) is 3.64.